The molecule has 0 fully saturated rings. The van der Waals surface area contributed by atoms with Gasteiger partial charge in [-0.1, -0.05) is 109 Å². The average Bonchev–Trinajstić information content (AvgIpc) is 2.82. The molecule has 1 rings (SSSR count). The van der Waals surface area contributed by atoms with Crippen molar-refractivity contribution in [3.63, 3.8) is 0 Å². The van der Waals surface area contributed by atoms with Crippen LogP contribution in [-0.4, -0.2) is 12.5 Å². The maximum Gasteiger partial charge on any atom is 0.220 e. The van der Waals surface area contributed by atoms with Crippen LogP contribution in [0.2, 0.25) is 10.0 Å². The summed E-state index contributed by atoms with van der Waals surface area (Å²) in [6.45, 7) is 2.73. The molecular weight excluding hydrogens is 461 g/mol. The van der Waals surface area contributed by atoms with Gasteiger partial charge in [-0.3, -0.25) is 4.79 Å². The Hall–Kier alpha value is -2.29. The van der Waals surface area contributed by atoms with Gasteiger partial charge < -0.3 is 5.32 Å². The van der Waals surface area contributed by atoms with Crippen molar-refractivity contribution < 1.29 is 4.79 Å². The number of amides is 1. The fraction of sp³-hybridized carbons (Fsp3) is 0.367. The van der Waals surface area contributed by atoms with Crippen molar-refractivity contribution in [2.75, 3.05) is 6.54 Å². The van der Waals surface area contributed by atoms with Crippen molar-refractivity contribution in [3.05, 3.63) is 107 Å². The van der Waals surface area contributed by atoms with Crippen LogP contribution in [0.4, 0.5) is 0 Å². The number of halogens is 2. The summed E-state index contributed by atoms with van der Waals surface area (Å²) >= 11 is 12.0. The summed E-state index contributed by atoms with van der Waals surface area (Å²) in [5.74, 6) is 0.0598. The first-order chi connectivity index (χ1) is 16.6. The van der Waals surface area contributed by atoms with Crippen LogP contribution < -0.4 is 5.32 Å². The molecule has 34 heavy (non-hydrogen) atoms. The Morgan fingerprint density at radius 2 is 1.26 bits per heavy atom. The van der Waals surface area contributed by atoms with E-state index in [0.717, 1.165) is 50.5 Å². The topological polar surface area (TPSA) is 29.1 Å². The number of rotatable bonds is 17. The van der Waals surface area contributed by atoms with Gasteiger partial charge in [-0.25, -0.2) is 0 Å². The van der Waals surface area contributed by atoms with Crippen LogP contribution in [0, 0.1) is 0 Å². The van der Waals surface area contributed by atoms with Crippen molar-refractivity contribution in [2.24, 2.45) is 0 Å². The van der Waals surface area contributed by atoms with Gasteiger partial charge in [0.2, 0.25) is 5.91 Å². The third-order valence-corrected chi connectivity index (χ3v) is 5.45. The summed E-state index contributed by atoms with van der Waals surface area (Å²) in [6, 6.07) is 5.43. The highest BCUT2D eigenvalue weighted by Crippen LogP contribution is 2.21. The molecule has 4 heteroatoms. The molecule has 0 bridgehead atoms. The minimum atomic E-state index is 0.0598. The van der Waals surface area contributed by atoms with E-state index in [1.807, 2.05) is 12.1 Å². The molecule has 0 saturated carbocycles. The summed E-state index contributed by atoms with van der Waals surface area (Å²) in [5, 5.41) is 4.19. The quantitative estimate of drug-likeness (QED) is 0.212. The van der Waals surface area contributed by atoms with Crippen LogP contribution in [0.3, 0.4) is 0 Å². The molecule has 0 saturated heterocycles. The molecule has 0 spiro atoms. The van der Waals surface area contributed by atoms with E-state index >= 15 is 0 Å². The molecule has 0 aromatic heterocycles. The van der Waals surface area contributed by atoms with E-state index in [9.17, 15) is 4.79 Å². The summed E-state index contributed by atoms with van der Waals surface area (Å²) < 4.78 is 0. The van der Waals surface area contributed by atoms with Gasteiger partial charge in [-0.2, -0.15) is 0 Å². The smallest absolute Gasteiger partial charge is 0.220 e. The van der Waals surface area contributed by atoms with Gasteiger partial charge in [-0.15, -0.1) is 0 Å². The molecule has 1 aromatic rings. The summed E-state index contributed by atoms with van der Waals surface area (Å²) in [4.78, 5) is 11.9. The Morgan fingerprint density at radius 3 is 1.76 bits per heavy atom. The number of hydrogen-bond donors (Lipinski definition) is 1. The van der Waals surface area contributed by atoms with Crippen LogP contribution in [-0.2, 0) is 11.2 Å². The predicted octanol–water partition coefficient (Wildman–Crippen LogP) is 9.13. The van der Waals surface area contributed by atoms with Gasteiger partial charge in [0, 0.05) is 23.0 Å². The lowest BCUT2D eigenvalue weighted by Gasteiger charge is -2.06. The molecule has 184 valence electrons. The van der Waals surface area contributed by atoms with Gasteiger partial charge >= 0.3 is 0 Å². The van der Waals surface area contributed by atoms with Crippen LogP contribution in [0.1, 0.15) is 63.9 Å². The molecule has 0 aliphatic heterocycles. The first kappa shape index (κ1) is 29.7. The van der Waals surface area contributed by atoms with Crippen LogP contribution in [0.5, 0.6) is 0 Å². The first-order valence-electron chi connectivity index (χ1n) is 12.2. The van der Waals surface area contributed by atoms with Crippen molar-refractivity contribution >= 4 is 29.1 Å². The third-order valence-electron chi connectivity index (χ3n) is 4.87. The largest absolute Gasteiger partial charge is 0.356 e. The maximum absolute atomic E-state index is 11.9. The Labute approximate surface area is 216 Å². The highest BCUT2D eigenvalue weighted by atomic mass is 35.5. The minimum Gasteiger partial charge on any atom is -0.356 e. The van der Waals surface area contributed by atoms with E-state index in [2.05, 4.69) is 85.2 Å². The van der Waals surface area contributed by atoms with Gasteiger partial charge in [0.15, 0.2) is 0 Å². The van der Waals surface area contributed by atoms with E-state index in [4.69, 9.17) is 23.2 Å². The normalized spacial score (nSPS) is 12.6. The molecule has 0 heterocycles. The fourth-order valence-electron chi connectivity index (χ4n) is 3.00. The third kappa shape index (κ3) is 17.2. The number of nitrogens with one attached hydrogen (secondary N) is 1. The Kier molecular flexibility index (Phi) is 18.6. The molecule has 1 aromatic carbocycles. The number of carbonyl (C=O) groups is 1. The molecule has 1 N–H and O–H groups in total. The second-order valence-corrected chi connectivity index (χ2v) is 8.63. The maximum atomic E-state index is 11.9. The number of hydrogen-bond acceptors (Lipinski definition) is 1. The number of carbonyl (C=O) groups excluding carboxylic acids is 1. The molecular formula is C30H39Cl2NO. The molecule has 0 aliphatic carbocycles. The van der Waals surface area contributed by atoms with Gasteiger partial charge in [0.25, 0.3) is 0 Å². The van der Waals surface area contributed by atoms with Crippen molar-refractivity contribution in [1.29, 1.82) is 0 Å². The van der Waals surface area contributed by atoms with E-state index in [-0.39, 0.29) is 5.91 Å². The van der Waals surface area contributed by atoms with Gasteiger partial charge in [-0.05, 0) is 69.1 Å². The summed E-state index contributed by atoms with van der Waals surface area (Å²) in [6.07, 6.45) is 34.0. The molecule has 1 amide bonds. The Bertz CT molecular complexity index is 863. The Balaban J connectivity index is 2.00. The van der Waals surface area contributed by atoms with Crippen LogP contribution in [0.15, 0.2) is 91.1 Å². The minimum absolute atomic E-state index is 0.0598. The molecule has 0 radical (unpaired) electrons. The highest BCUT2D eigenvalue weighted by Gasteiger charge is 2.03. The monoisotopic (exact) mass is 499 g/mol. The average molecular weight is 501 g/mol. The van der Waals surface area contributed by atoms with Crippen molar-refractivity contribution in [3.8, 4) is 0 Å². The number of allylic oxidation sites excluding steroid dienone is 12. The SMILES string of the molecule is CC/C=C/C/C=C/C/C=C/C/C=C/C/C=C/C/C=C/CCC(=O)NCCc1ccc(Cl)cc1Cl. The van der Waals surface area contributed by atoms with Gasteiger partial charge in [0.05, 0.1) is 0 Å². The lowest BCUT2D eigenvalue weighted by Crippen LogP contribution is -2.25. The highest BCUT2D eigenvalue weighted by molar-refractivity contribution is 6.35. The van der Waals surface area contributed by atoms with Crippen LogP contribution >= 0.6 is 23.2 Å². The summed E-state index contributed by atoms with van der Waals surface area (Å²) in [7, 11) is 0. The molecule has 2 nitrogen and oxygen atoms in total. The lowest BCUT2D eigenvalue weighted by atomic mass is 10.1. The molecule has 0 aliphatic rings. The molecule has 0 unspecified atom stereocenters. The van der Waals surface area contributed by atoms with E-state index < -0.39 is 0 Å². The zero-order valence-corrected chi connectivity index (χ0v) is 21.9. The second kappa shape index (κ2) is 21.3. The second-order valence-electron chi connectivity index (χ2n) is 7.79. The Morgan fingerprint density at radius 1 is 0.765 bits per heavy atom. The standard InChI is InChI=1S/C30H39Cl2NO/c1-2-3-4-5-6-7-8-9-10-11-12-13-14-15-16-17-18-19-20-21-30(34)33-25-24-27-22-23-28(31)26-29(27)32/h3-4,6-7,9-10,12-13,15-16,18-19,22-23,26H,2,5,8,11,14,17,20-21,24-25H2,1H3,(H,33,34)/b4-3+,7-6+,10-9+,13-12+,16-15+,19-18+. The van der Waals surface area contributed by atoms with Crippen molar-refractivity contribution in [2.45, 2.75) is 64.7 Å². The first-order valence-corrected chi connectivity index (χ1v) is 13.0. The predicted molar refractivity (Wildman–Crippen MR) is 151 cm³/mol. The lowest BCUT2D eigenvalue weighted by molar-refractivity contribution is -0.120. The zero-order chi connectivity index (χ0) is 24.7. The van der Waals surface area contributed by atoms with E-state index in [1.165, 1.54) is 0 Å². The van der Waals surface area contributed by atoms with Gasteiger partial charge in [0.1, 0.15) is 0 Å². The zero-order valence-electron chi connectivity index (χ0n) is 20.4. The molecule has 0 atom stereocenters. The van der Waals surface area contributed by atoms with E-state index in [1.54, 1.807) is 6.07 Å². The van der Waals surface area contributed by atoms with Crippen LogP contribution in [0.25, 0.3) is 0 Å². The summed E-state index contributed by atoms with van der Waals surface area (Å²) in [5.41, 5.74) is 0.989. The van der Waals surface area contributed by atoms with Crippen molar-refractivity contribution in [1.82, 2.24) is 5.32 Å². The van der Waals surface area contributed by atoms with E-state index in [0.29, 0.717) is 29.4 Å². The number of benzene rings is 1. The fourth-order valence-corrected chi connectivity index (χ4v) is 3.51.